The maximum atomic E-state index is 14.0. The minimum Gasteiger partial charge on any atom is -0.459 e. The summed E-state index contributed by atoms with van der Waals surface area (Å²) in [5.41, 5.74) is 1.81. The maximum Gasteiger partial charge on any atom is 0.288 e. The number of carbonyl (C=O) groups is 2. The summed E-state index contributed by atoms with van der Waals surface area (Å²) < 4.78 is 25.4. The van der Waals surface area contributed by atoms with Crippen LogP contribution in [0.2, 0.25) is 0 Å². The Hall–Kier alpha value is -2.76. The van der Waals surface area contributed by atoms with E-state index in [1.165, 1.54) is 32.4 Å². The quantitative estimate of drug-likeness (QED) is 0.337. The van der Waals surface area contributed by atoms with Crippen molar-refractivity contribution in [3.8, 4) is 0 Å². The van der Waals surface area contributed by atoms with Crippen LogP contribution in [0.1, 0.15) is 68.6 Å². The molecule has 2 saturated heterocycles. The predicted octanol–water partition coefficient (Wildman–Crippen LogP) is 4.17. The molecule has 1 aromatic heterocycles. The van der Waals surface area contributed by atoms with Crippen LogP contribution in [0.4, 0.5) is 0 Å². The van der Waals surface area contributed by atoms with Gasteiger partial charge in [-0.1, -0.05) is 24.6 Å². The van der Waals surface area contributed by atoms with Crippen molar-refractivity contribution >= 4 is 22.7 Å². The van der Waals surface area contributed by atoms with Crippen molar-refractivity contribution in [1.29, 1.82) is 0 Å². The largest absolute Gasteiger partial charge is 0.459 e. The Morgan fingerprint density at radius 3 is 2.41 bits per heavy atom. The highest BCUT2D eigenvalue weighted by molar-refractivity contribution is 5.95. The third-order valence-electron chi connectivity index (χ3n) is 9.23. The first-order chi connectivity index (χ1) is 21.5. The van der Waals surface area contributed by atoms with Crippen LogP contribution in [0, 0.1) is 5.92 Å². The Bertz CT molecular complexity index is 1260. The molecular formula is C34H49N3O7. The fourth-order valence-electron chi connectivity index (χ4n) is 7.00. The molecule has 0 saturated carbocycles. The van der Waals surface area contributed by atoms with Gasteiger partial charge in [0.25, 0.3) is 5.91 Å². The number of aromatic nitrogens is 1. The van der Waals surface area contributed by atoms with Crippen molar-refractivity contribution < 1.29 is 33.6 Å². The first-order valence-electron chi connectivity index (χ1n) is 16.4. The smallest absolute Gasteiger partial charge is 0.288 e. The van der Waals surface area contributed by atoms with Gasteiger partial charge >= 0.3 is 0 Å². The molecule has 3 aliphatic heterocycles. The summed E-state index contributed by atoms with van der Waals surface area (Å²) in [6, 6.07) is 8.43. The van der Waals surface area contributed by atoms with E-state index in [2.05, 4.69) is 4.90 Å². The molecule has 44 heavy (non-hydrogen) atoms. The number of likely N-dealkylation sites (tertiary alicyclic amines) is 2. The number of hydrogen-bond acceptors (Lipinski definition) is 8. The molecule has 1 aromatic carbocycles. The number of rotatable bonds is 13. The molecule has 1 N–H and O–H groups in total. The lowest BCUT2D eigenvalue weighted by molar-refractivity contribution is -0.172. The van der Waals surface area contributed by atoms with Crippen molar-refractivity contribution in [3.63, 3.8) is 0 Å². The summed E-state index contributed by atoms with van der Waals surface area (Å²) in [7, 11) is 0. The van der Waals surface area contributed by atoms with Gasteiger partial charge < -0.3 is 33.9 Å². The zero-order valence-electron chi connectivity index (χ0n) is 26.3. The fraction of sp³-hybridized carbons (Fsp3) is 0.647. The zero-order valence-corrected chi connectivity index (χ0v) is 26.3. The number of hydrogen-bond donors (Lipinski definition) is 1. The van der Waals surface area contributed by atoms with Gasteiger partial charge in [0.2, 0.25) is 12.2 Å². The molecular weight excluding hydrogens is 562 g/mol. The molecule has 3 aliphatic rings. The van der Waals surface area contributed by atoms with Gasteiger partial charge in [-0.15, -0.1) is 0 Å². The van der Waals surface area contributed by atoms with Crippen LogP contribution < -0.4 is 0 Å². The van der Waals surface area contributed by atoms with Gasteiger partial charge in [-0.2, -0.15) is 0 Å². The molecule has 0 spiro atoms. The second-order valence-corrected chi connectivity index (χ2v) is 12.0. The average Bonchev–Trinajstić information content (AvgIpc) is 3.45. The Kier molecular flexibility index (Phi) is 11.9. The number of piperidine rings is 2. The monoisotopic (exact) mass is 611 g/mol. The van der Waals surface area contributed by atoms with Crippen molar-refractivity contribution in [2.75, 3.05) is 65.8 Å². The minimum atomic E-state index is -0.645. The SMILES string of the molecule is CCO[C@H]1OC(C(=O)N2CCC(N3CCCCC3)CC2)=C[C@@H](c2cn(C(C)=O)c3ccccc23)[C@@H]1CCOCCOCCO. The predicted molar refractivity (Wildman–Crippen MR) is 167 cm³/mol. The van der Waals surface area contributed by atoms with Gasteiger partial charge in [0.1, 0.15) is 0 Å². The van der Waals surface area contributed by atoms with Gasteiger partial charge in [0.15, 0.2) is 5.76 Å². The van der Waals surface area contributed by atoms with E-state index >= 15 is 0 Å². The molecule has 1 amide bonds. The highest BCUT2D eigenvalue weighted by Crippen LogP contribution is 2.42. The van der Waals surface area contributed by atoms with Gasteiger partial charge in [0, 0.05) is 62.7 Å². The summed E-state index contributed by atoms with van der Waals surface area (Å²) in [5, 5.41) is 9.90. The molecule has 10 nitrogen and oxygen atoms in total. The van der Waals surface area contributed by atoms with Crippen molar-refractivity contribution in [3.05, 3.63) is 47.9 Å². The van der Waals surface area contributed by atoms with Gasteiger partial charge in [-0.05, 0) is 69.8 Å². The molecule has 0 radical (unpaired) electrons. The molecule has 3 atom stereocenters. The third kappa shape index (κ3) is 7.72. The number of nitrogens with zero attached hydrogens (tertiary/aromatic N) is 3. The summed E-state index contributed by atoms with van der Waals surface area (Å²) in [6.45, 7) is 9.20. The van der Waals surface area contributed by atoms with Crippen molar-refractivity contribution in [2.45, 2.75) is 70.6 Å². The molecule has 242 valence electrons. The summed E-state index contributed by atoms with van der Waals surface area (Å²) >= 11 is 0. The molecule has 5 rings (SSSR count). The molecule has 2 aromatic rings. The normalized spacial score (nSPS) is 23.5. The fourth-order valence-corrected chi connectivity index (χ4v) is 7.00. The van der Waals surface area contributed by atoms with Crippen LogP contribution in [0.15, 0.2) is 42.3 Å². The zero-order chi connectivity index (χ0) is 30.9. The van der Waals surface area contributed by atoms with E-state index in [0.29, 0.717) is 57.7 Å². The highest BCUT2D eigenvalue weighted by Gasteiger charge is 2.41. The highest BCUT2D eigenvalue weighted by atomic mass is 16.7. The van der Waals surface area contributed by atoms with Gasteiger partial charge in [-0.3, -0.25) is 14.2 Å². The number of para-hydroxylation sites is 1. The number of amides is 1. The van der Waals surface area contributed by atoms with Crippen molar-refractivity contribution in [1.82, 2.24) is 14.4 Å². The summed E-state index contributed by atoms with van der Waals surface area (Å²) in [5.74, 6) is -0.229. The Morgan fingerprint density at radius 2 is 1.70 bits per heavy atom. The Balaban J connectivity index is 1.39. The first kappa shape index (κ1) is 32.6. The van der Waals surface area contributed by atoms with E-state index in [4.69, 9.17) is 24.1 Å². The molecule has 2 fully saturated rings. The lowest BCUT2D eigenvalue weighted by Gasteiger charge is -2.41. The Morgan fingerprint density at radius 1 is 0.977 bits per heavy atom. The minimum absolute atomic E-state index is 0.0190. The molecule has 0 unspecified atom stereocenters. The first-order valence-corrected chi connectivity index (χ1v) is 16.4. The number of benzene rings is 1. The molecule has 0 aliphatic carbocycles. The van der Waals surface area contributed by atoms with E-state index in [9.17, 15) is 9.59 Å². The standard InChI is InChI=1S/C34H49N3O7/c1-3-43-34-28(13-19-41-21-22-42-20-18-38)29(30-24-37(25(2)39)31-10-6-5-9-27(30)31)23-32(44-34)33(40)36-16-11-26(12-17-36)35-14-7-4-8-15-35/h5-6,9-10,23-24,26,28-29,34,38H,3-4,7-8,11-22H2,1-2H3/t28-,29+,34-/m0/s1. The number of ether oxygens (including phenoxy) is 4. The van der Waals surface area contributed by atoms with E-state index in [-0.39, 0.29) is 36.9 Å². The van der Waals surface area contributed by atoms with Crippen LogP contribution in [0.5, 0.6) is 0 Å². The molecule has 0 bridgehead atoms. The van der Waals surface area contributed by atoms with Gasteiger partial charge in [0.05, 0.1) is 31.9 Å². The number of allylic oxidation sites excluding steroid dienone is 1. The summed E-state index contributed by atoms with van der Waals surface area (Å²) in [6.07, 6.45) is 9.65. The lowest BCUT2D eigenvalue weighted by atomic mass is 9.81. The van der Waals surface area contributed by atoms with E-state index in [1.54, 1.807) is 11.5 Å². The van der Waals surface area contributed by atoms with Gasteiger partial charge in [-0.25, -0.2) is 0 Å². The van der Waals surface area contributed by atoms with Crippen LogP contribution in [-0.4, -0.2) is 109 Å². The number of fused-ring (bicyclic) bond motifs is 1. The van der Waals surface area contributed by atoms with Crippen LogP contribution >= 0.6 is 0 Å². The Labute approximate surface area is 260 Å². The second kappa shape index (κ2) is 16.0. The van der Waals surface area contributed by atoms with E-state index in [1.807, 2.05) is 48.4 Å². The number of aliphatic hydroxyl groups excluding tert-OH is 1. The number of carbonyl (C=O) groups excluding carboxylic acids is 2. The molecule has 4 heterocycles. The number of aliphatic hydroxyl groups is 1. The van der Waals surface area contributed by atoms with Crippen LogP contribution in [0.25, 0.3) is 10.9 Å². The third-order valence-corrected chi connectivity index (χ3v) is 9.23. The van der Waals surface area contributed by atoms with E-state index in [0.717, 1.165) is 29.3 Å². The maximum absolute atomic E-state index is 14.0. The summed E-state index contributed by atoms with van der Waals surface area (Å²) in [4.78, 5) is 31.2. The van der Waals surface area contributed by atoms with Crippen molar-refractivity contribution in [2.24, 2.45) is 5.92 Å². The van der Waals surface area contributed by atoms with Crippen LogP contribution in [-0.2, 0) is 23.7 Å². The lowest BCUT2D eigenvalue weighted by Crippen LogP contribution is -2.49. The molecule has 10 heteroatoms. The topological polar surface area (TPSA) is 103 Å². The average molecular weight is 612 g/mol. The van der Waals surface area contributed by atoms with E-state index < -0.39 is 6.29 Å². The second-order valence-electron chi connectivity index (χ2n) is 12.0. The van der Waals surface area contributed by atoms with Crippen LogP contribution in [0.3, 0.4) is 0 Å².